The zero-order chi connectivity index (χ0) is 19.6. The van der Waals surface area contributed by atoms with Crippen LogP contribution in [0.5, 0.6) is 0 Å². The third-order valence-corrected chi connectivity index (χ3v) is 5.58. The number of nitrogens with zero attached hydrogens (tertiary/aromatic N) is 2. The molecule has 0 saturated carbocycles. The fourth-order valence-electron chi connectivity index (χ4n) is 4.13. The van der Waals surface area contributed by atoms with Gasteiger partial charge in [-0.1, -0.05) is 20.8 Å². The predicted molar refractivity (Wildman–Crippen MR) is 106 cm³/mol. The summed E-state index contributed by atoms with van der Waals surface area (Å²) in [6.07, 6.45) is 3.05. The van der Waals surface area contributed by atoms with Gasteiger partial charge in [-0.3, -0.25) is 4.79 Å². The molecule has 1 amide bonds. The van der Waals surface area contributed by atoms with E-state index in [9.17, 15) is 9.59 Å². The molecular weight excluding hydrogens is 344 g/mol. The summed E-state index contributed by atoms with van der Waals surface area (Å²) in [5, 5.41) is 0.958. The lowest BCUT2D eigenvalue weighted by Gasteiger charge is -2.42. The second-order valence-electron chi connectivity index (χ2n) is 8.34. The number of anilines is 1. The molecule has 0 aromatic carbocycles. The second-order valence-corrected chi connectivity index (χ2v) is 8.34. The van der Waals surface area contributed by atoms with Crippen molar-refractivity contribution in [3.8, 4) is 0 Å². The highest BCUT2D eigenvalue weighted by atomic mass is 16.5. The topological polar surface area (TPSA) is 101 Å². The van der Waals surface area contributed by atoms with Crippen LogP contribution in [0.1, 0.15) is 33.6 Å². The van der Waals surface area contributed by atoms with Crippen LogP contribution in [0.4, 0.5) is 10.5 Å². The smallest absolute Gasteiger partial charge is 0.404 e. The first-order valence-electron chi connectivity index (χ1n) is 9.41. The molecule has 0 radical (unpaired) electrons. The van der Waals surface area contributed by atoms with Crippen molar-refractivity contribution in [1.29, 1.82) is 0 Å². The number of nitrogens with one attached hydrogen (secondary N) is 1. The van der Waals surface area contributed by atoms with Crippen molar-refractivity contribution >= 4 is 22.8 Å². The van der Waals surface area contributed by atoms with E-state index in [4.69, 9.17) is 10.5 Å². The number of carbonyl (C=O) groups excluding carboxylic acids is 1. The average Bonchev–Trinajstić information content (AvgIpc) is 2.60. The van der Waals surface area contributed by atoms with Gasteiger partial charge in [-0.15, -0.1) is 0 Å². The van der Waals surface area contributed by atoms with Crippen molar-refractivity contribution in [1.82, 2.24) is 9.97 Å². The Morgan fingerprint density at radius 1 is 1.33 bits per heavy atom. The number of amides is 1. The molecule has 1 aliphatic heterocycles. The van der Waals surface area contributed by atoms with Gasteiger partial charge < -0.3 is 20.4 Å². The normalized spacial score (nSPS) is 17.1. The van der Waals surface area contributed by atoms with Crippen molar-refractivity contribution in [2.24, 2.45) is 23.0 Å². The Labute approximate surface area is 158 Å². The van der Waals surface area contributed by atoms with E-state index in [0.29, 0.717) is 18.2 Å². The molecule has 0 bridgehead atoms. The summed E-state index contributed by atoms with van der Waals surface area (Å²) < 4.78 is 5.15. The molecule has 1 saturated heterocycles. The van der Waals surface area contributed by atoms with E-state index in [-0.39, 0.29) is 16.9 Å². The van der Waals surface area contributed by atoms with E-state index in [2.05, 4.69) is 35.6 Å². The van der Waals surface area contributed by atoms with Crippen LogP contribution in [0.25, 0.3) is 11.0 Å². The molecule has 7 heteroatoms. The van der Waals surface area contributed by atoms with Crippen molar-refractivity contribution in [2.75, 3.05) is 24.6 Å². The molecule has 3 heterocycles. The number of pyridine rings is 2. The molecule has 146 valence electrons. The summed E-state index contributed by atoms with van der Waals surface area (Å²) in [5.41, 5.74) is 6.77. The second kappa shape index (κ2) is 7.58. The van der Waals surface area contributed by atoms with Gasteiger partial charge in [0, 0.05) is 42.3 Å². The monoisotopic (exact) mass is 372 g/mol. The lowest BCUT2D eigenvalue weighted by atomic mass is 9.70. The van der Waals surface area contributed by atoms with Crippen LogP contribution in [0, 0.1) is 17.3 Å². The van der Waals surface area contributed by atoms with Crippen LogP contribution in [-0.4, -0.2) is 35.8 Å². The Morgan fingerprint density at radius 2 is 2.04 bits per heavy atom. The number of rotatable bonds is 4. The number of hydrogen-bond donors (Lipinski definition) is 2. The number of H-pyrrole nitrogens is 1. The van der Waals surface area contributed by atoms with E-state index in [1.54, 1.807) is 6.20 Å². The zero-order valence-electron chi connectivity index (χ0n) is 16.2. The minimum atomic E-state index is -0.709. The Balaban J connectivity index is 1.75. The summed E-state index contributed by atoms with van der Waals surface area (Å²) in [4.78, 5) is 32.0. The number of fused-ring (bicyclic) bond motifs is 1. The van der Waals surface area contributed by atoms with Crippen molar-refractivity contribution in [3.63, 3.8) is 0 Å². The maximum absolute atomic E-state index is 11.5. The highest BCUT2D eigenvalue weighted by molar-refractivity contribution is 5.89. The molecule has 3 rings (SSSR count). The summed E-state index contributed by atoms with van der Waals surface area (Å²) in [7, 11) is 0. The summed E-state index contributed by atoms with van der Waals surface area (Å²) in [6.45, 7) is 8.73. The predicted octanol–water partition coefficient (Wildman–Crippen LogP) is 2.90. The Kier molecular flexibility index (Phi) is 5.39. The van der Waals surface area contributed by atoms with Gasteiger partial charge in [-0.2, -0.15) is 0 Å². The molecule has 27 heavy (non-hydrogen) atoms. The van der Waals surface area contributed by atoms with E-state index in [1.807, 2.05) is 12.1 Å². The number of aromatic amines is 1. The Hall–Kier alpha value is -2.57. The molecule has 3 N–H and O–H groups in total. The number of primary amides is 1. The molecule has 1 fully saturated rings. The van der Waals surface area contributed by atoms with Crippen LogP contribution >= 0.6 is 0 Å². The van der Waals surface area contributed by atoms with Crippen LogP contribution in [-0.2, 0) is 4.74 Å². The number of aromatic nitrogens is 2. The Bertz CT molecular complexity index is 863. The van der Waals surface area contributed by atoms with E-state index in [1.165, 1.54) is 6.07 Å². The summed E-state index contributed by atoms with van der Waals surface area (Å²) >= 11 is 0. The number of ether oxygens (including phenoxy) is 1. The van der Waals surface area contributed by atoms with Crippen LogP contribution in [0.2, 0.25) is 0 Å². The average molecular weight is 372 g/mol. The number of hydrogen-bond acceptors (Lipinski definition) is 5. The first-order valence-corrected chi connectivity index (χ1v) is 9.41. The van der Waals surface area contributed by atoms with Crippen LogP contribution < -0.4 is 16.2 Å². The van der Waals surface area contributed by atoms with Gasteiger partial charge in [0.05, 0.1) is 6.61 Å². The SMILES string of the molecule is CC(C)(C)C(COC(N)=O)C1CCN(c2ccnc3[nH]c(=O)ccc23)CC1. The van der Waals surface area contributed by atoms with E-state index in [0.717, 1.165) is 37.0 Å². The van der Waals surface area contributed by atoms with E-state index < -0.39 is 6.09 Å². The fraction of sp³-hybridized carbons (Fsp3) is 0.550. The maximum Gasteiger partial charge on any atom is 0.404 e. The van der Waals surface area contributed by atoms with Crippen LogP contribution in [0.3, 0.4) is 0 Å². The molecule has 2 aromatic heterocycles. The molecule has 0 aliphatic carbocycles. The summed E-state index contributed by atoms with van der Waals surface area (Å²) in [6, 6.07) is 5.37. The first-order chi connectivity index (χ1) is 12.8. The molecule has 1 aliphatic rings. The van der Waals surface area contributed by atoms with Crippen molar-refractivity contribution < 1.29 is 9.53 Å². The minimum absolute atomic E-state index is 0.0329. The number of piperidine rings is 1. The minimum Gasteiger partial charge on any atom is -0.449 e. The summed E-state index contributed by atoms with van der Waals surface area (Å²) in [5.74, 6) is 0.728. The highest BCUT2D eigenvalue weighted by Crippen LogP contribution is 2.39. The number of carbonyl (C=O) groups is 1. The van der Waals surface area contributed by atoms with Gasteiger partial charge in [-0.25, -0.2) is 9.78 Å². The zero-order valence-corrected chi connectivity index (χ0v) is 16.2. The first kappa shape index (κ1) is 19.2. The largest absolute Gasteiger partial charge is 0.449 e. The highest BCUT2D eigenvalue weighted by Gasteiger charge is 2.35. The molecule has 7 nitrogen and oxygen atoms in total. The lowest BCUT2D eigenvalue weighted by molar-refractivity contribution is 0.0514. The third-order valence-electron chi connectivity index (χ3n) is 5.58. The number of nitrogens with two attached hydrogens (primary N) is 1. The molecule has 1 atom stereocenters. The van der Waals surface area contributed by atoms with Gasteiger partial charge in [0.25, 0.3) is 0 Å². The quantitative estimate of drug-likeness (QED) is 0.859. The van der Waals surface area contributed by atoms with Crippen molar-refractivity contribution in [3.05, 3.63) is 34.7 Å². The van der Waals surface area contributed by atoms with Gasteiger partial charge >= 0.3 is 6.09 Å². The van der Waals surface area contributed by atoms with E-state index >= 15 is 0 Å². The molecule has 1 unspecified atom stereocenters. The lowest BCUT2D eigenvalue weighted by Crippen LogP contribution is -2.41. The Morgan fingerprint density at radius 3 is 2.67 bits per heavy atom. The molecule has 0 spiro atoms. The molecule has 2 aromatic rings. The standard InChI is InChI=1S/C20H28N4O3/c1-20(2,3)15(12-27-19(21)26)13-7-10-24(11-8-13)16-6-9-22-18-14(16)4-5-17(25)23-18/h4-6,9,13,15H,7-8,10-12H2,1-3H3,(H2,21,26)(H,22,23,25). The third kappa shape index (κ3) is 4.40. The van der Waals surface area contributed by atoms with Gasteiger partial charge in [0.1, 0.15) is 5.65 Å². The van der Waals surface area contributed by atoms with Gasteiger partial charge in [-0.05, 0) is 36.3 Å². The molecular formula is C20H28N4O3. The fourth-order valence-corrected chi connectivity index (χ4v) is 4.13. The van der Waals surface area contributed by atoms with Gasteiger partial charge in [0.15, 0.2) is 0 Å². The van der Waals surface area contributed by atoms with Crippen molar-refractivity contribution in [2.45, 2.75) is 33.6 Å². The van der Waals surface area contributed by atoms with Gasteiger partial charge in [0.2, 0.25) is 5.56 Å². The van der Waals surface area contributed by atoms with Crippen LogP contribution in [0.15, 0.2) is 29.2 Å². The maximum atomic E-state index is 11.5.